The van der Waals surface area contributed by atoms with Crippen molar-refractivity contribution < 1.29 is 27.1 Å². The lowest BCUT2D eigenvalue weighted by Crippen LogP contribution is -2.45. The van der Waals surface area contributed by atoms with E-state index in [-0.39, 0.29) is 35.6 Å². The molecule has 0 aliphatic heterocycles. The van der Waals surface area contributed by atoms with Crippen LogP contribution in [0.2, 0.25) is 0 Å². The van der Waals surface area contributed by atoms with Crippen LogP contribution >= 0.6 is 0 Å². The Kier molecular flexibility index (Phi) is 9.73. The second-order valence-corrected chi connectivity index (χ2v) is 11.4. The van der Waals surface area contributed by atoms with Crippen LogP contribution in [0.4, 0.5) is 10.1 Å². The van der Waals surface area contributed by atoms with Crippen LogP contribution in [0, 0.1) is 5.82 Å². The highest BCUT2D eigenvalue weighted by atomic mass is 32.2. The zero-order chi connectivity index (χ0) is 27.8. The molecule has 0 bridgehead atoms. The molecule has 38 heavy (non-hydrogen) atoms. The number of carbonyl (C=O) groups is 2. The molecule has 0 saturated heterocycles. The van der Waals surface area contributed by atoms with Gasteiger partial charge in [0.1, 0.15) is 11.9 Å². The normalized spacial score (nSPS) is 12.5. The average molecular weight is 542 g/mol. The van der Waals surface area contributed by atoms with Crippen LogP contribution in [-0.4, -0.2) is 45.0 Å². The van der Waals surface area contributed by atoms with Crippen molar-refractivity contribution >= 4 is 27.5 Å². The fourth-order valence-corrected chi connectivity index (χ4v) is 4.48. The maximum Gasteiger partial charge on any atom is 0.251 e. The Morgan fingerprint density at radius 2 is 1.55 bits per heavy atom. The Balaban J connectivity index is 1.68. The molecule has 0 radical (unpaired) electrons. The van der Waals surface area contributed by atoms with Crippen LogP contribution in [0.5, 0.6) is 0 Å². The van der Waals surface area contributed by atoms with Gasteiger partial charge in [-0.15, -0.1) is 0 Å². The van der Waals surface area contributed by atoms with Crippen molar-refractivity contribution in [2.24, 2.45) is 0 Å². The first kappa shape index (κ1) is 29.0. The molecular formula is C28H32FN3O5S. The van der Waals surface area contributed by atoms with Crippen molar-refractivity contribution in [1.82, 2.24) is 10.0 Å². The molecule has 0 fully saturated rings. The molecule has 3 aromatic carbocycles. The lowest BCUT2D eigenvalue weighted by atomic mass is 10.0. The molecule has 0 unspecified atom stereocenters. The minimum atomic E-state index is -3.76. The number of rotatable bonds is 11. The van der Waals surface area contributed by atoms with E-state index < -0.39 is 33.7 Å². The molecule has 3 rings (SSSR count). The number of sulfonamides is 1. The third-order valence-electron chi connectivity index (χ3n) is 5.37. The third-order valence-corrected chi connectivity index (χ3v) is 6.85. The van der Waals surface area contributed by atoms with Crippen molar-refractivity contribution in [3.05, 3.63) is 95.8 Å². The molecule has 0 aliphatic carbocycles. The Morgan fingerprint density at radius 3 is 2.16 bits per heavy atom. The quantitative estimate of drug-likeness (QED) is 0.319. The van der Waals surface area contributed by atoms with Gasteiger partial charge in [-0.05, 0) is 74.9 Å². The summed E-state index contributed by atoms with van der Waals surface area (Å²) in [6.07, 6.45) is 0.215. The van der Waals surface area contributed by atoms with E-state index in [1.807, 2.05) is 51.1 Å². The van der Waals surface area contributed by atoms with Gasteiger partial charge in [0, 0.05) is 24.2 Å². The summed E-state index contributed by atoms with van der Waals surface area (Å²) in [5, 5.41) is 5.43. The molecule has 0 aliphatic rings. The van der Waals surface area contributed by atoms with Gasteiger partial charge in [-0.2, -0.15) is 0 Å². The first-order chi connectivity index (χ1) is 17.9. The summed E-state index contributed by atoms with van der Waals surface area (Å²) in [5.74, 6) is -1.49. The number of amides is 2. The molecule has 10 heteroatoms. The molecule has 1 atom stereocenters. The van der Waals surface area contributed by atoms with Gasteiger partial charge in [0.15, 0.2) is 0 Å². The molecule has 0 spiro atoms. The van der Waals surface area contributed by atoms with Gasteiger partial charge in [0.2, 0.25) is 15.9 Å². The number of carbonyl (C=O) groups excluding carboxylic acids is 2. The van der Waals surface area contributed by atoms with Crippen LogP contribution in [0.1, 0.15) is 36.7 Å². The predicted molar refractivity (Wildman–Crippen MR) is 144 cm³/mol. The van der Waals surface area contributed by atoms with Crippen molar-refractivity contribution in [1.29, 1.82) is 0 Å². The lowest BCUT2D eigenvalue weighted by molar-refractivity contribution is -0.118. The standard InChI is InChI=1S/C28H32FN3O5S/c1-28(2,3)37-18-17-30-38(35,36)24-15-13-23(14-16-24)31-27(34)25(19-20-7-5-4-6-8-20)32-26(33)21-9-11-22(29)12-10-21/h4-16,25,30H,17-19H2,1-3H3,(H,31,34)(H,32,33)/t25-/m0/s1. The van der Waals surface area contributed by atoms with E-state index in [1.54, 1.807) is 0 Å². The molecule has 202 valence electrons. The number of anilines is 1. The van der Waals surface area contributed by atoms with Gasteiger partial charge < -0.3 is 15.4 Å². The minimum absolute atomic E-state index is 0.0386. The topological polar surface area (TPSA) is 114 Å². The summed E-state index contributed by atoms with van der Waals surface area (Å²) in [4.78, 5) is 25.9. The number of benzene rings is 3. The molecule has 0 aromatic heterocycles. The maximum absolute atomic E-state index is 13.3. The first-order valence-corrected chi connectivity index (χ1v) is 13.6. The van der Waals surface area contributed by atoms with E-state index in [0.29, 0.717) is 5.69 Å². The number of ether oxygens (including phenoxy) is 1. The smallest absolute Gasteiger partial charge is 0.251 e. The number of hydrogen-bond acceptors (Lipinski definition) is 5. The second-order valence-electron chi connectivity index (χ2n) is 9.59. The minimum Gasteiger partial charge on any atom is -0.375 e. The zero-order valence-electron chi connectivity index (χ0n) is 21.5. The molecule has 3 aromatic rings. The fraction of sp³-hybridized carbons (Fsp3) is 0.286. The largest absolute Gasteiger partial charge is 0.375 e. The SMILES string of the molecule is CC(C)(C)OCCNS(=O)(=O)c1ccc(NC(=O)[C@H](Cc2ccccc2)NC(=O)c2ccc(F)cc2)cc1. The van der Waals surface area contributed by atoms with Crippen LogP contribution < -0.4 is 15.4 Å². The Bertz CT molecular complexity index is 1320. The van der Waals surface area contributed by atoms with Gasteiger partial charge in [-0.1, -0.05) is 30.3 Å². The van der Waals surface area contributed by atoms with Crippen LogP contribution in [0.3, 0.4) is 0 Å². The fourth-order valence-electron chi connectivity index (χ4n) is 3.47. The van der Waals surface area contributed by atoms with Gasteiger partial charge in [-0.3, -0.25) is 9.59 Å². The molecule has 0 saturated carbocycles. The first-order valence-electron chi connectivity index (χ1n) is 12.1. The highest BCUT2D eigenvalue weighted by molar-refractivity contribution is 7.89. The van der Waals surface area contributed by atoms with Crippen molar-refractivity contribution in [3.8, 4) is 0 Å². The maximum atomic E-state index is 13.3. The molecular weight excluding hydrogens is 509 g/mol. The van der Waals surface area contributed by atoms with E-state index in [0.717, 1.165) is 5.56 Å². The van der Waals surface area contributed by atoms with E-state index >= 15 is 0 Å². The highest BCUT2D eigenvalue weighted by Crippen LogP contribution is 2.16. The van der Waals surface area contributed by atoms with E-state index in [1.165, 1.54) is 48.5 Å². The summed E-state index contributed by atoms with van der Waals surface area (Å²) in [5.41, 5.74) is 1.03. The second kappa shape index (κ2) is 12.8. The summed E-state index contributed by atoms with van der Waals surface area (Å²) < 4.78 is 46.4. The summed E-state index contributed by atoms with van der Waals surface area (Å²) in [6.45, 7) is 5.99. The Hall–Kier alpha value is -3.60. The summed E-state index contributed by atoms with van der Waals surface area (Å²) in [6, 6.07) is 19.0. The Morgan fingerprint density at radius 1 is 0.921 bits per heavy atom. The van der Waals surface area contributed by atoms with Gasteiger partial charge in [-0.25, -0.2) is 17.5 Å². The summed E-state index contributed by atoms with van der Waals surface area (Å²) in [7, 11) is -3.76. The van der Waals surface area contributed by atoms with Crippen molar-refractivity contribution in [2.75, 3.05) is 18.5 Å². The summed E-state index contributed by atoms with van der Waals surface area (Å²) >= 11 is 0. The molecule has 3 N–H and O–H groups in total. The van der Waals surface area contributed by atoms with E-state index in [4.69, 9.17) is 4.74 Å². The number of hydrogen-bond donors (Lipinski definition) is 3. The third kappa shape index (κ3) is 9.05. The lowest BCUT2D eigenvalue weighted by Gasteiger charge is -2.19. The van der Waals surface area contributed by atoms with E-state index in [2.05, 4.69) is 15.4 Å². The van der Waals surface area contributed by atoms with Crippen LogP contribution in [-0.2, 0) is 26.0 Å². The van der Waals surface area contributed by atoms with E-state index in [9.17, 15) is 22.4 Å². The number of nitrogens with one attached hydrogen (secondary N) is 3. The van der Waals surface area contributed by atoms with Gasteiger partial charge >= 0.3 is 0 Å². The molecule has 8 nitrogen and oxygen atoms in total. The predicted octanol–water partition coefficient (Wildman–Crippen LogP) is 3.90. The zero-order valence-corrected chi connectivity index (χ0v) is 22.3. The monoisotopic (exact) mass is 541 g/mol. The Labute approximate surface area is 222 Å². The van der Waals surface area contributed by atoms with Crippen molar-refractivity contribution in [2.45, 2.75) is 43.7 Å². The van der Waals surface area contributed by atoms with Crippen molar-refractivity contribution in [3.63, 3.8) is 0 Å². The highest BCUT2D eigenvalue weighted by Gasteiger charge is 2.23. The molecule has 2 amide bonds. The molecule has 0 heterocycles. The number of halogens is 1. The van der Waals surface area contributed by atoms with Gasteiger partial charge in [0.25, 0.3) is 5.91 Å². The van der Waals surface area contributed by atoms with Gasteiger partial charge in [0.05, 0.1) is 17.1 Å². The van der Waals surface area contributed by atoms with Crippen LogP contribution in [0.15, 0.2) is 83.8 Å². The van der Waals surface area contributed by atoms with Crippen LogP contribution in [0.25, 0.3) is 0 Å². The average Bonchev–Trinajstić information content (AvgIpc) is 2.87.